The van der Waals surface area contributed by atoms with Crippen LogP contribution in [-0.2, 0) is 18.0 Å². The van der Waals surface area contributed by atoms with Gasteiger partial charge in [0.1, 0.15) is 18.1 Å². The van der Waals surface area contributed by atoms with Crippen LogP contribution >= 0.6 is 0 Å². The lowest BCUT2D eigenvalue weighted by atomic mass is 10.2. The minimum Gasteiger partial charge on any atom is -0.467 e. The molecule has 1 heterocycles. The van der Waals surface area contributed by atoms with Crippen molar-refractivity contribution in [2.45, 2.75) is 26.6 Å². The Morgan fingerprint density at radius 2 is 2.19 bits per heavy atom. The molecule has 1 aromatic carbocycles. The van der Waals surface area contributed by atoms with Gasteiger partial charge >= 0.3 is 0 Å². The molecule has 0 aliphatic carbocycles. The van der Waals surface area contributed by atoms with E-state index in [0.29, 0.717) is 25.4 Å². The second kappa shape index (κ2) is 7.44. The molecule has 0 saturated carbocycles. The highest BCUT2D eigenvalue weighted by atomic mass is 16.6. The Hall–Kier alpha value is -2.34. The summed E-state index contributed by atoms with van der Waals surface area (Å²) in [4.78, 5) is 10.6. The summed E-state index contributed by atoms with van der Waals surface area (Å²) in [6.45, 7) is 3.45. The number of hydrogen-bond donors (Lipinski definition) is 1. The first-order chi connectivity index (χ1) is 10.2. The van der Waals surface area contributed by atoms with Gasteiger partial charge in [0.2, 0.25) is 0 Å². The number of ether oxygens (including phenoxy) is 1. The van der Waals surface area contributed by atoms with Crippen molar-refractivity contribution in [3.8, 4) is 0 Å². The molecule has 0 saturated heterocycles. The third-order valence-electron chi connectivity index (χ3n) is 2.92. The van der Waals surface area contributed by atoms with Gasteiger partial charge in [-0.2, -0.15) is 0 Å². The van der Waals surface area contributed by atoms with Crippen LogP contribution in [0.2, 0.25) is 0 Å². The molecule has 0 spiro atoms. The van der Waals surface area contributed by atoms with E-state index < -0.39 is 0 Å². The third kappa shape index (κ3) is 4.32. The SMILES string of the molecule is CCCNc1cc(COCc2ccco2)ccc1[N+](=O)[O-]. The topological polar surface area (TPSA) is 77.5 Å². The summed E-state index contributed by atoms with van der Waals surface area (Å²) in [7, 11) is 0. The molecule has 21 heavy (non-hydrogen) atoms. The van der Waals surface area contributed by atoms with E-state index in [0.717, 1.165) is 17.7 Å². The summed E-state index contributed by atoms with van der Waals surface area (Å²) >= 11 is 0. The highest BCUT2D eigenvalue weighted by Gasteiger charge is 2.13. The van der Waals surface area contributed by atoms with E-state index in [4.69, 9.17) is 9.15 Å². The maximum absolute atomic E-state index is 11.0. The van der Waals surface area contributed by atoms with Crippen molar-refractivity contribution >= 4 is 11.4 Å². The summed E-state index contributed by atoms with van der Waals surface area (Å²) in [5.41, 5.74) is 1.49. The first kappa shape index (κ1) is 15.1. The number of nitrogens with one attached hydrogen (secondary N) is 1. The molecule has 2 rings (SSSR count). The monoisotopic (exact) mass is 290 g/mol. The Morgan fingerprint density at radius 3 is 2.86 bits per heavy atom. The molecule has 6 heteroatoms. The molecule has 1 aromatic heterocycles. The van der Waals surface area contributed by atoms with Gasteiger partial charge in [-0.15, -0.1) is 0 Å². The van der Waals surface area contributed by atoms with Crippen molar-refractivity contribution in [2.75, 3.05) is 11.9 Å². The zero-order valence-electron chi connectivity index (χ0n) is 11.9. The van der Waals surface area contributed by atoms with Crippen LogP contribution in [0.3, 0.4) is 0 Å². The second-order valence-corrected chi connectivity index (χ2v) is 4.61. The Balaban J connectivity index is 2.00. The second-order valence-electron chi connectivity index (χ2n) is 4.61. The lowest BCUT2D eigenvalue weighted by molar-refractivity contribution is -0.384. The summed E-state index contributed by atoms with van der Waals surface area (Å²) < 4.78 is 10.7. The molecule has 6 nitrogen and oxygen atoms in total. The fraction of sp³-hybridized carbons (Fsp3) is 0.333. The molecule has 1 N–H and O–H groups in total. The molecule has 0 aliphatic heterocycles. The zero-order valence-corrected chi connectivity index (χ0v) is 11.9. The van der Waals surface area contributed by atoms with Gasteiger partial charge in [-0.3, -0.25) is 10.1 Å². The molecule has 0 aliphatic rings. The number of nitrogens with zero attached hydrogens (tertiary/aromatic N) is 1. The van der Waals surface area contributed by atoms with Crippen LogP contribution in [0.4, 0.5) is 11.4 Å². The van der Waals surface area contributed by atoms with Crippen molar-refractivity contribution in [2.24, 2.45) is 0 Å². The number of furan rings is 1. The molecule has 0 atom stereocenters. The molecule has 0 bridgehead atoms. The Kier molecular flexibility index (Phi) is 5.34. The number of nitro benzene ring substituents is 1. The predicted octanol–water partition coefficient (Wildman–Crippen LogP) is 3.73. The van der Waals surface area contributed by atoms with Crippen LogP contribution < -0.4 is 5.32 Å². The molecule has 0 radical (unpaired) electrons. The summed E-state index contributed by atoms with van der Waals surface area (Å²) in [6, 6.07) is 8.61. The largest absolute Gasteiger partial charge is 0.467 e. The Morgan fingerprint density at radius 1 is 1.33 bits per heavy atom. The molecule has 0 amide bonds. The summed E-state index contributed by atoms with van der Waals surface area (Å²) in [5, 5.41) is 14.1. The van der Waals surface area contributed by atoms with Gasteiger partial charge in [0.05, 0.1) is 17.8 Å². The van der Waals surface area contributed by atoms with E-state index in [1.54, 1.807) is 24.5 Å². The smallest absolute Gasteiger partial charge is 0.292 e. The summed E-state index contributed by atoms with van der Waals surface area (Å²) in [5.74, 6) is 0.751. The number of benzene rings is 1. The van der Waals surface area contributed by atoms with Crippen LogP contribution in [0.1, 0.15) is 24.7 Å². The number of nitro groups is 1. The molecule has 0 unspecified atom stereocenters. The van der Waals surface area contributed by atoms with E-state index in [-0.39, 0.29) is 10.6 Å². The minimum absolute atomic E-state index is 0.0817. The van der Waals surface area contributed by atoms with E-state index in [2.05, 4.69) is 5.32 Å². The van der Waals surface area contributed by atoms with Crippen molar-refractivity contribution in [3.63, 3.8) is 0 Å². The Labute approximate surface area is 122 Å². The highest BCUT2D eigenvalue weighted by Crippen LogP contribution is 2.26. The van der Waals surface area contributed by atoms with Crippen molar-refractivity contribution in [1.29, 1.82) is 0 Å². The molecule has 0 fully saturated rings. The fourth-order valence-electron chi connectivity index (χ4n) is 1.90. The number of anilines is 1. The van der Waals surface area contributed by atoms with Crippen LogP contribution in [0.5, 0.6) is 0 Å². The van der Waals surface area contributed by atoms with Gasteiger partial charge < -0.3 is 14.5 Å². The number of hydrogen-bond acceptors (Lipinski definition) is 5. The predicted molar refractivity (Wildman–Crippen MR) is 79.1 cm³/mol. The fourth-order valence-corrected chi connectivity index (χ4v) is 1.90. The molecular weight excluding hydrogens is 272 g/mol. The molecule has 112 valence electrons. The standard InChI is InChI=1S/C15H18N2O4/c1-2-7-16-14-9-12(5-6-15(14)17(18)19)10-20-11-13-4-3-8-21-13/h3-6,8-9,16H,2,7,10-11H2,1H3. The van der Waals surface area contributed by atoms with Crippen LogP contribution in [0, 0.1) is 10.1 Å². The quantitative estimate of drug-likeness (QED) is 0.592. The lowest BCUT2D eigenvalue weighted by Gasteiger charge is -2.08. The minimum atomic E-state index is -0.383. The molecular formula is C15H18N2O4. The van der Waals surface area contributed by atoms with Crippen molar-refractivity contribution in [3.05, 3.63) is 58.0 Å². The normalized spacial score (nSPS) is 10.5. The van der Waals surface area contributed by atoms with Gasteiger partial charge in [-0.25, -0.2) is 0 Å². The van der Waals surface area contributed by atoms with Crippen LogP contribution in [-0.4, -0.2) is 11.5 Å². The Bertz CT molecular complexity index is 581. The highest BCUT2D eigenvalue weighted by molar-refractivity contribution is 5.62. The van der Waals surface area contributed by atoms with E-state index in [1.165, 1.54) is 6.07 Å². The van der Waals surface area contributed by atoms with Crippen LogP contribution in [0.15, 0.2) is 41.0 Å². The van der Waals surface area contributed by atoms with Gasteiger partial charge in [0.15, 0.2) is 0 Å². The van der Waals surface area contributed by atoms with Crippen molar-refractivity contribution < 1.29 is 14.1 Å². The van der Waals surface area contributed by atoms with Crippen molar-refractivity contribution in [1.82, 2.24) is 0 Å². The maximum atomic E-state index is 11.0. The van der Waals surface area contributed by atoms with E-state index >= 15 is 0 Å². The van der Waals surface area contributed by atoms with E-state index in [1.807, 2.05) is 13.0 Å². The number of rotatable bonds is 8. The maximum Gasteiger partial charge on any atom is 0.292 e. The first-order valence-corrected chi connectivity index (χ1v) is 6.82. The average molecular weight is 290 g/mol. The van der Waals surface area contributed by atoms with Gasteiger partial charge in [-0.1, -0.05) is 6.92 Å². The van der Waals surface area contributed by atoms with Gasteiger partial charge in [-0.05, 0) is 36.2 Å². The van der Waals surface area contributed by atoms with Crippen LogP contribution in [0.25, 0.3) is 0 Å². The lowest BCUT2D eigenvalue weighted by Crippen LogP contribution is -2.04. The van der Waals surface area contributed by atoms with Gasteiger partial charge in [0, 0.05) is 12.6 Å². The average Bonchev–Trinajstić information content (AvgIpc) is 2.98. The van der Waals surface area contributed by atoms with Gasteiger partial charge in [0.25, 0.3) is 5.69 Å². The first-order valence-electron chi connectivity index (χ1n) is 6.82. The zero-order chi connectivity index (χ0) is 15.1. The summed E-state index contributed by atoms with van der Waals surface area (Å²) in [6.07, 6.45) is 2.49. The van der Waals surface area contributed by atoms with E-state index in [9.17, 15) is 10.1 Å². The molecule has 2 aromatic rings. The third-order valence-corrected chi connectivity index (χ3v) is 2.92.